The Hall–Kier alpha value is -2.05. The van der Waals surface area contributed by atoms with Crippen molar-refractivity contribution in [2.45, 2.75) is 6.04 Å². The summed E-state index contributed by atoms with van der Waals surface area (Å²) >= 11 is 0. The standard InChI is InChI=1S/C17H24N4O2/c1-20-9-8-19-17(20)16(21-10-6-18-7-11-21)13-4-5-14(22-2)15(12-13)23-3/h4-5,8-9,12,16,18H,6-7,10-11H2,1-3H3. The van der Waals surface area contributed by atoms with Crippen molar-refractivity contribution in [2.24, 2.45) is 7.05 Å². The zero-order valence-corrected chi connectivity index (χ0v) is 14.0. The van der Waals surface area contributed by atoms with Crippen molar-refractivity contribution in [3.8, 4) is 11.5 Å². The molecule has 0 aliphatic carbocycles. The number of nitrogens with zero attached hydrogens (tertiary/aromatic N) is 3. The number of benzene rings is 1. The molecule has 2 aromatic rings. The van der Waals surface area contributed by atoms with Gasteiger partial charge in [-0.05, 0) is 17.7 Å². The largest absolute Gasteiger partial charge is 0.493 e. The van der Waals surface area contributed by atoms with E-state index in [0.29, 0.717) is 0 Å². The number of hydrogen-bond acceptors (Lipinski definition) is 5. The third-order valence-electron chi connectivity index (χ3n) is 4.34. The van der Waals surface area contributed by atoms with Crippen LogP contribution in [0.15, 0.2) is 30.6 Å². The van der Waals surface area contributed by atoms with Crippen molar-refractivity contribution in [3.63, 3.8) is 0 Å². The molecule has 1 fully saturated rings. The number of hydrogen-bond donors (Lipinski definition) is 1. The van der Waals surface area contributed by atoms with Gasteiger partial charge >= 0.3 is 0 Å². The Kier molecular flexibility index (Phi) is 4.83. The highest BCUT2D eigenvalue weighted by Gasteiger charge is 2.27. The fourth-order valence-corrected chi connectivity index (χ4v) is 3.13. The highest BCUT2D eigenvalue weighted by molar-refractivity contribution is 5.45. The second-order valence-electron chi connectivity index (χ2n) is 5.70. The van der Waals surface area contributed by atoms with Crippen LogP contribution in [-0.2, 0) is 7.05 Å². The van der Waals surface area contributed by atoms with E-state index in [4.69, 9.17) is 9.47 Å². The molecule has 0 radical (unpaired) electrons. The van der Waals surface area contributed by atoms with Crippen molar-refractivity contribution >= 4 is 0 Å². The first-order valence-electron chi connectivity index (χ1n) is 7.88. The topological polar surface area (TPSA) is 51.5 Å². The summed E-state index contributed by atoms with van der Waals surface area (Å²) < 4.78 is 12.9. The van der Waals surface area contributed by atoms with E-state index >= 15 is 0 Å². The Balaban J connectivity index is 2.02. The van der Waals surface area contributed by atoms with Crippen LogP contribution in [0, 0.1) is 0 Å². The van der Waals surface area contributed by atoms with Crippen LogP contribution in [0.3, 0.4) is 0 Å². The Bertz CT molecular complexity index is 650. The number of methoxy groups -OCH3 is 2. The smallest absolute Gasteiger partial charge is 0.161 e. The number of aryl methyl sites for hydroxylation is 1. The molecule has 0 amide bonds. The number of piperazine rings is 1. The van der Waals surface area contributed by atoms with E-state index in [2.05, 4.69) is 31.9 Å². The highest BCUT2D eigenvalue weighted by Crippen LogP contribution is 2.34. The summed E-state index contributed by atoms with van der Waals surface area (Å²) in [5.74, 6) is 2.54. The van der Waals surface area contributed by atoms with Gasteiger partial charge in [-0.15, -0.1) is 0 Å². The SMILES string of the molecule is COc1ccc(C(c2nccn2C)N2CCNCC2)cc1OC. The molecule has 23 heavy (non-hydrogen) atoms. The van der Waals surface area contributed by atoms with Crippen LogP contribution < -0.4 is 14.8 Å². The van der Waals surface area contributed by atoms with E-state index in [1.165, 1.54) is 5.56 Å². The van der Waals surface area contributed by atoms with Gasteiger partial charge in [0, 0.05) is 45.6 Å². The van der Waals surface area contributed by atoms with Crippen LogP contribution in [0.5, 0.6) is 11.5 Å². The van der Waals surface area contributed by atoms with Gasteiger partial charge in [0.05, 0.1) is 20.3 Å². The molecule has 124 valence electrons. The number of nitrogens with one attached hydrogen (secondary N) is 1. The predicted octanol–water partition coefficient (Wildman–Crippen LogP) is 1.43. The highest BCUT2D eigenvalue weighted by atomic mass is 16.5. The lowest BCUT2D eigenvalue weighted by Crippen LogP contribution is -2.46. The normalized spacial score (nSPS) is 17.0. The Morgan fingerprint density at radius 2 is 1.87 bits per heavy atom. The zero-order valence-electron chi connectivity index (χ0n) is 14.0. The fraction of sp³-hybridized carbons (Fsp3) is 0.471. The van der Waals surface area contributed by atoms with Gasteiger partial charge in [-0.1, -0.05) is 6.07 Å². The summed E-state index contributed by atoms with van der Waals surface area (Å²) in [5, 5.41) is 3.41. The lowest BCUT2D eigenvalue weighted by atomic mass is 10.0. The predicted molar refractivity (Wildman–Crippen MR) is 89.0 cm³/mol. The van der Waals surface area contributed by atoms with Crippen molar-refractivity contribution in [1.82, 2.24) is 19.8 Å². The Morgan fingerprint density at radius 3 is 2.48 bits per heavy atom. The Morgan fingerprint density at radius 1 is 1.13 bits per heavy atom. The molecule has 0 saturated carbocycles. The van der Waals surface area contributed by atoms with Crippen molar-refractivity contribution in [1.29, 1.82) is 0 Å². The molecule has 1 saturated heterocycles. The van der Waals surface area contributed by atoms with Gasteiger partial charge in [0.1, 0.15) is 5.82 Å². The molecule has 1 atom stereocenters. The third kappa shape index (κ3) is 3.18. The van der Waals surface area contributed by atoms with Crippen molar-refractivity contribution in [2.75, 3.05) is 40.4 Å². The molecule has 0 spiro atoms. The molecule has 1 N–H and O–H groups in total. The first-order chi connectivity index (χ1) is 11.2. The van der Waals surface area contributed by atoms with Gasteiger partial charge in [-0.3, -0.25) is 4.90 Å². The first kappa shape index (κ1) is 15.8. The van der Waals surface area contributed by atoms with Crippen LogP contribution in [0.2, 0.25) is 0 Å². The average molecular weight is 316 g/mol. The second kappa shape index (κ2) is 7.02. The number of rotatable bonds is 5. The van der Waals surface area contributed by atoms with Gasteiger partial charge in [-0.2, -0.15) is 0 Å². The molecule has 1 aromatic heterocycles. The summed E-state index contributed by atoms with van der Waals surface area (Å²) in [6.45, 7) is 3.97. The maximum atomic E-state index is 5.48. The van der Waals surface area contributed by atoms with Crippen LogP contribution in [-0.4, -0.2) is 54.8 Å². The lowest BCUT2D eigenvalue weighted by Gasteiger charge is -2.35. The molecular formula is C17H24N4O2. The maximum Gasteiger partial charge on any atom is 0.161 e. The van der Waals surface area contributed by atoms with E-state index < -0.39 is 0 Å². The summed E-state index contributed by atoms with van der Waals surface area (Å²) in [4.78, 5) is 7.05. The molecule has 1 aliphatic heterocycles. The van der Waals surface area contributed by atoms with Crippen LogP contribution in [0.1, 0.15) is 17.4 Å². The minimum absolute atomic E-state index is 0.108. The van der Waals surface area contributed by atoms with Gasteiger partial charge in [0.2, 0.25) is 0 Å². The maximum absolute atomic E-state index is 5.48. The quantitative estimate of drug-likeness (QED) is 0.904. The molecule has 2 heterocycles. The summed E-state index contributed by atoms with van der Waals surface area (Å²) in [6, 6.07) is 6.23. The van der Waals surface area contributed by atoms with E-state index in [-0.39, 0.29) is 6.04 Å². The number of imidazole rings is 1. The van der Waals surface area contributed by atoms with Crippen LogP contribution in [0.4, 0.5) is 0 Å². The first-order valence-corrected chi connectivity index (χ1v) is 7.88. The van der Waals surface area contributed by atoms with Gasteiger partial charge in [-0.25, -0.2) is 4.98 Å². The molecule has 3 rings (SSSR count). The molecule has 6 heteroatoms. The minimum Gasteiger partial charge on any atom is -0.493 e. The summed E-state index contributed by atoms with van der Waals surface area (Å²) in [7, 11) is 5.37. The molecule has 1 unspecified atom stereocenters. The molecule has 6 nitrogen and oxygen atoms in total. The number of aromatic nitrogens is 2. The molecule has 1 aromatic carbocycles. The van der Waals surface area contributed by atoms with E-state index in [1.54, 1.807) is 14.2 Å². The monoisotopic (exact) mass is 316 g/mol. The third-order valence-corrected chi connectivity index (χ3v) is 4.34. The minimum atomic E-state index is 0.108. The molecule has 1 aliphatic rings. The number of ether oxygens (including phenoxy) is 2. The zero-order chi connectivity index (χ0) is 16.2. The van der Waals surface area contributed by atoms with E-state index in [0.717, 1.165) is 43.5 Å². The van der Waals surface area contributed by atoms with Crippen LogP contribution >= 0.6 is 0 Å². The van der Waals surface area contributed by atoms with Gasteiger partial charge in [0.15, 0.2) is 11.5 Å². The van der Waals surface area contributed by atoms with Crippen LogP contribution in [0.25, 0.3) is 0 Å². The van der Waals surface area contributed by atoms with Gasteiger partial charge < -0.3 is 19.4 Å². The van der Waals surface area contributed by atoms with Crippen molar-refractivity contribution in [3.05, 3.63) is 42.0 Å². The summed E-state index contributed by atoms with van der Waals surface area (Å²) in [5.41, 5.74) is 1.17. The lowest BCUT2D eigenvalue weighted by molar-refractivity contribution is 0.190. The Labute approximate surface area is 137 Å². The second-order valence-corrected chi connectivity index (χ2v) is 5.70. The molecule has 0 bridgehead atoms. The summed E-state index contributed by atoms with van der Waals surface area (Å²) in [6.07, 6.45) is 3.84. The van der Waals surface area contributed by atoms with E-state index in [9.17, 15) is 0 Å². The van der Waals surface area contributed by atoms with E-state index in [1.807, 2.05) is 25.5 Å². The molecular weight excluding hydrogens is 292 g/mol. The average Bonchev–Trinajstić information content (AvgIpc) is 3.02. The van der Waals surface area contributed by atoms with Gasteiger partial charge in [0.25, 0.3) is 0 Å². The van der Waals surface area contributed by atoms with Crippen molar-refractivity contribution < 1.29 is 9.47 Å². The fourth-order valence-electron chi connectivity index (χ4n) is 3.13.